The van der Waals surface area contributed by atoms with Gasteiger partial charge in [0.15, 0.2) is 5.58 Å². The van der Waals surface area contributed by atoms with Gasteiger partial charge in [-0.15, -0.1) is 0 Å². The van der Waals surface area contributed by atoms with Crippen LogP contribution in [0.4, 0.5) is 11.4 Å². The second kappa shape index (κ2) is 6.16. The standard InChI is InChI=1S/C17H15N3O6S/c1-10(21)20-6-7-25-16-8-11(2-5-14(16)20)19-27(23,24)12-3-4-13-15(9-12)26-17(22)18-13/h2-5,8-9,19H,6-7H2,1H3,(H,18,22). The fourth-order valence-corrected chi connectivity index (χ4v) is 3.98. The van der Waals surface area contributed by atoms with Crippen LogP contribution in [0.25, 0.3) is 11.1 Å². The zero-order chi connectivity index (χ0) is 19.2. The summed E-state index contributed by atoms with van der Waals surface area (Å²) in [4.78, 5) is 26.9. The third-order valence-corrected chi connectivity index (χ3v) is 5.54. The van der Waals surface area contributed by atoms with Crippen LogP contribution >= 0.6 is 0 Å². The number of H-pyrrole nitrogens is 1. The number of aromatic nitrogens is 1. The molecule has 2 N–H and O–H groups in total. The minimum Gasteiger partial charge on any atom is -0.489 e. The maximum absolute atomic E-state index is 12.6. The number of benzene rings is 2. The highest BCUT2D eigenvalue weighted by molar-refractivity contribution is 7.92. The van der Waals surface area contributed by atoms with Gasteiger partial charge in [0, 0.05) is 19.1 Å². The number of sulfonamides is 1. The average molecular weight is 389 g/mol. The summed E-state index contributed by atoms with van der Waals surface area (Å²) >= 11 is 0. The van der Waals surface area contributed by atoms with Gasteiger partial charge in [-0.25, -0.2) is 13.2 Å². The Bertz CT molecular complexity index is 1210. The van der Waals surface area contributed by atoms with Gasteiger partial charge in [0.25, 0.3) is 10.0 Å². The Balaban J connectivity index is 1.66. The first-order valence-electron chi connectivity index (χ1n) is 8.04. The number of nitrogens with zero attached hydrogens (tertiary/aromatic N) is 1. The van der Waals surface area contributed by atoms with E-state index in [2.05, 4.69) is 9.71 Å². The van der Waals surface area contributed by atoms with Gasteiger partial charge in [0.05, 0.1) is 28.3 Å². The largest absolute Gasteiger partial charge is 0.489 e. The lowest BCUT2D eigenvalue weighted by Crippen LogP contribution is -2.36. The van der Waals surface area contributed by atoms with Crippen LogP contribution in [-0.4, -0.2) is 32.5 Å². The molecule has 0 spiro atoms. The van der Waals surface area contributed by atoms with E-state index in [1.165, 1.54) is 31.2 Å². The molecule has 1 amide bonds. The Kier molecular flexibility index (Phi) is 3.92. The second-order valence-electron chi connectivity index (χ2n) is 5.98. The monoisotopic (exact) mass is 389 g/mol. The normalized spacial score (nSPS) is 13.9. The first-order chi connectivity index (χ1) is 12.8. The molecule has 0 unspecified atom stereocenters. The molecule has 0 saturated carbocycles. The molecule has 0 radical (unpaired) electrons. The molecule has 9 nitrogen and oxygen atoms in total. The number of rotatable bonds is 3. The quantitative estimate of drug-likeness (QED) is 0.703. The first kappa shape index (κ1) is 17.2. The number of carbonyl (C=O) groups excluding carboxylic acids is 1. The summed E-state index contributed by atoms with van der Waals surface area (Å²) in [6.07, 6.45) is 0. The van der Waals surface area contributed by atoms with E-state index in [0.29, 0.717) is 30.1 Å². The van der Waals surface area contributed by atoms with Crippen molar-refractivity contribution in [2.45, 2.75) is 11.8 Å². The van der Waals surface area contributed by atoms with Gasteiger partial charge in [-0.3, -0.25) is 14.5 Å². The highest BCUT2D eigenvalue weighted by Crippen LogP contribution is 2.34. The van der Waals surface area contributed by atoms with Crippen LogP contribution in [0.3, 0.4) is 0 Å². The molecule has 2 aromatic carbocycles. The summed E-state index contributed by atoms with van der Waals surface area (Å²) in [5.74, 6) is -0.354. The maximum Gasteiger partial charge on any atom is 0.417 e. The molecule has 4 rings (SSSR count). The molecule has 3 aromatic rings. The van der Waals surface area contributed by atoms with E-state index < -0.39 is 15.8 Å². The van der Waals surface area contributed by atoms with Gasteiger partial charge in [-0.05, 0) is 24.3 Å². The van der Waals surface area contributed by atoms with Crippen molar-refractivity contribution in [2.75, 3.05) is 22.8 Å². The van der Waals surface area contributed by atoms with E-state index in [-0.39, 0.29) is 22.1 Å². The maximum atomic E-state index is 12.6. The molecular formula is C17H15N3O6S. The van der Waals surface area contributed by atoms with E-state index in [0.717, 1.165) is 0 Å². The van der Waals surface area contributed by atoms with Gasteiger partial charge in [0.1, 0.15) is 12.4 Å². The summed E-state index contributed by atoms with van der Waals surface area (Å²) in [6, 6.07) is 8.79. The van der Waals surface area contributed by atoms with Crippen LogP contribution < -0.4 is 20.1 Å². The van der Waals surface area contributed by atoms with E-state index >= 15 is 0 Å². The number of hydrogen-bond acceptors (Lipinski definition) is 6. The van der Waals surface area contributed by atoms with Gasteiger partial charge in [0.2, 0.25) is 5.91 Å². The lowest BCUT2D eigenvalue weighted by atomic mass is 10.2. The van der Waals surface area contributed by atoms with Crippen LogP contribution in [0.1, 0.15) is 6.92 Å². The van der Waals surface area contributed by atoms with Crippen molar-refractivity contribution in [2.24, 2.45) is 0 Å². The second-order valence-corrected chi connectivity index (χ2v) is 7.66. The number of oxazole rings is 1. The van der Waals surface area contributed by atoms with Crippen molar-refractivity contribution in [1.82, 2.24) is 4.98 Å². The lowest BCUT2D eigenvalue weighted by molar-refractivity contribution is -0.116. The molecule has 1 aromatic heterocycles. The Morgan fingerprint density at radius 3 is 2.81 bits per heavy atom. The summed E-state index contributed by atoms with van der Waals surface area (Å²) < 4.78 is 38.2. The minimum atomic E-state index is -3.91. The van der Waals surface area contributed by atoms with Crippen molar-refractivity contribution in [3.63, 3.8) is 0 Å². The van der Waals surface area contributed by atoms with Gasteiger partial charge >= 0.3 is 5.76 Å². The van der Waals surface area contributed by atoms with Crippen LogP contribution in [-0.2, 0) is 14.8 Å². The van der Waals surface area contributed by atoms with E-state index in [9.17, 15) is 18.0 Å². The average Bonchev–Trinajstić information content (AvgIpc) is 2.99. The van der Waals surface area contributed by atoms with E-state index in [4.69, 9.17) is 9.15 Å². The van der Waals surface area contributed by atoms with Crippen LogP contribution in [0, 0.1) is 0 Å². The van der Waals surface area contributed by atoms with Gasteiger partial charge < -0.3 is 14.1 Å². The summed E-state index contributed by atoms with van der Waals surface area (Å²) in [7, 11) is -3.91. The molecular weight excluding hydrogens is 374 g/mol. The SMILES string of the molecule is CC(=O)N1CCOc2cc(NS(=O)(=O)c3ccc4[nH]c(=O)oc4c3)ccc21. The van der Waals surface area contributed by atoms with Crippen molar-refractivity contribution >= 4 is 38.4 Å². The van der Waals surface area contributed by atoms with E-state index in [1.807, 2.05) is 0 Å². The highest BCUT2D eigenvalue weighted by atomic mass is 32.2. The molecule has 0 atom stereocenters. The molecule has 0 bridgehead atoms. The number of nitrogens with one attached hydrogen (secondary N) is 2. The fraction of sp³-hybridized carbons (Fsp3) is 0.176. The Labute approximate surface area is 153 Å². The smallest absolute Gasteiger partial charge is 0.417 e. The lowest BCUT2D eigenvalue weighted by Gasteiger charge is -2.29. The van der Waals surface area contributed by atoms with Crippen LogP contribution in [0.15, 0.2) is 50.5 Å². The van der Waals surface area contributed by atoms with Gasteiger partial charge in [-0.2, -0.15) is 0 Å². The molecule has 1 aliphatic heterocycles. The Morgan fingerprint density at radius 1 is 1.22 bits per heavy atom. The number of anilines is 2. The molecule has 140 valence electrons. The number of carbonyl (C=O) groups is 1. The number of hydrogen-bond donors (Lipinski definition) is 2. The molecule has 0 fully saturated rings. The fourth-order valence-electron chi connectivity index (χ4n) is 2.92. The van der Waals surface area contributed by atoms with Gasteiger partial charge in [-0.1, -0.05) is 0 Å². The summed E-state index contributed by atoms with van der Waals surface area (Å²) in [5, 5.41) is 0. The summed E-state index contributed by atoms with van der Waals surface area (Å²) in [5.41, 5.74) is 1.43. The number of fused-ring (bicyclic) bond motifs is 2. The Morgan fingerprint density at radius 2 is 2.04 bits per heavy atom. The van der Waals surface area contributed by atoms with Crippen molar-refractivity contribution in [1.29, 1.82) is 0 Å². The molecule has 0 aliphatic carbocycles. The third kappa shape index (κ3) is 3.14. The van der Waals surface area contributed by atoms with Crippen LogP contribution in [0.2, 0.25) is 0 Å². The van der Waals surface area contributed by atoms with E-state index in [1.54, 1.807) is 17.0 Å². The molecule has 1 aliphatic rings. The van der Waals surface area contributed by atoms with Crippen molar-refractivity contribution < 1.29 is 22.4 Å². The molecule has 2 heterocycles. The zero-order valence-electron chi connectivity index (χ0n) is 14.2. The minimum absolute atomic E-state index is 0.0539. The Hall–Kier alpha value is -3.27. The highest BCUT2D eigenvalue weighted by Gasteiger charge is 2.23. The zero-order valence-corrected chi connectivity index (χ0v) is 15.0. The van der Waals surface area contributed by atoms with Crippen molar-refractivity contribution in [3.05, 3.63) is 46.9 Å². The number of ether oxygens (including phenoxy) is 1. The first-order valence-corrected chi connectivity index (χ1v) is 9.52. The number of aromatic amines is 1. The molecule has 0 saturated heterocycles. The predicted octanol–water partition coefficient (Wildman–Crippen LogP) is 1.67. The predicted molar refractivity (Wildman–Crippen MR) is 97.6 cm³/mol. The van der Waals surface area contributed by atoms with Crippen LogP contribution in [0.5, 0.6) is 5.75 Å². The topological polar surface area (TPSA) is 122 Å². The molecule has 10 heteroatoms. The molecule has 27 heavy (non-hydrogen) atoms. The van der Waals surface area contributed by atoms with Crippen molar-refractivity contribution in [3.8, 4) is 5.75 Å². The summed E-state index contributed by atoms with van der Waals surface area (Å²) in [6.45, 7) is 2.22. The number of amides is 1. The third-order valence-electron chi connectivity index (χ3n) is 4.16.